The Hall–Kier alpha value is -1.49. The van der Waals surface area contributed by atoms with Crippen molar-refractivity contribution < 1.29 is 4.79 Å². The van der Waals surface area contributed by atoms with Gasteiger partial charge in [-0.15, -0.1) is 6.42 Å². The third kappa shape index (κ3) is 6.51. The highest BCUT2D eigenvalue weighted by Crippen LogP contribution is 1.81. The molecule has 2 nitrogen and oxygen atoms in total. The molecule has 0 saturated carbocycles. The van der Waals surface area contributed by atoms with E-state index < -0.39 is 0 Å². The number of terminal acetylenes is 1. The van der Waals surface area contributed by atoms with Crippen LogP contribution in [0.15, 0.2) is 24.3 Å². The van der Waals surface area contributed by atoms with Gasteiger partial charge in [0.1, 0.15) is 0 Å². The van der Waals surface area contributed by atoms with E-state index in [4.69, 9.17) is 12.2 Å². The number of primary amides is 1. The van der Waals surface area contributed by atoms with E-state index >= 15 is 0 Å². The van der Waals surface area contributed by atoms with Crippen LogP contribution in [0.25, 0.3) is 0 Å². The number of carbonyl (C=O) groups is 1. The lowest BCUT2D eigenvalue weighted by Gasteiger charge is -1.80. The molecule has 0 spiro atoms. The van der Waals surface area contributed by atoms with E-state index in [-0.39, 0.29) is 12.3 Å². The number of amides is 1. The topological polar surface area (TPSA) is 43.1 Å². The monoisotopic (exact) mass is 135 g/mol. The van der Waals surface area contributed by atoms with E-state index in [9.17, 15) is 4.79 Å². The van der Waals surface area contributed by atoms with E-state index in [0.29, 0.717) is 0 Å². The molecule has 0 aliphatic rings. The van der Waals surface area contributed by atoms with Crippen LogP contribution in [0.3, 0.4) is 0 Å². The maximum Gasteiger partial charge on any atom is 0.221 e. The van der Waals surface area contributed by atoms with Crippen LogP contribution in [0.4, 0.5) is 0 Å². The van der Waals surface area contributed by atoms with Gasteiger partial charge in [0.2, 0.25) is 5.91 Å². The Kier molecular flexibility index (Phi) is 4.80. The lowest BCUT2D eigenvalue weighted by Crippen LogP contribution is -2.07. The highest BCUT2D eigenvalue weighted by atomic mass is 16.1. The number of rotatable bonds is 3. The average molecular weight is 135 g/mol. The lowest BCUT2D eigenvalue weighted by molar-refractivity contribution is -0.117. The van der Waals surface area contributed by atoms with Crippen LogP contribution in [0.2, 0.25) is 0 Å². The number of hydrogen-bond acceptors (Lipinski definition) is 1. The number of hydrogen-bond donors (Lipinski definition) is 1. The minimum absolute atomic E-state index is 0.259. The van der Waals surface area contributed by atoms with Gasteiger partial charge in [0.15, 0.2) is 0 Å². The van der Waals surface area contributed by atoms with E-state index in [2.05, 4.69) is 5.92 Å². The first kappa shape index (κ1) is 8.51. The molecule has 0 rings (SSSR count). The summed E-state index contributed by atoms with van der Waals surface area (Å²) in [4.78, 5) is 10.1. The minimum Gasteiger partial charge on any atom is -0.369 e. The maximum atomic E-state index is 10.1. The molecule has 0 aliphatic heterocycles. The predicted molar refractivity (Wildman–Crippen MR) is 40.9 cm³/mol. The van der Waals surface area contributed by atoms with E-state index in [1.54, 1.807) is 18.2 Å². The van der Waals surface area contributed by atoms with Crippen LogP contribution in [0, 0.1) is 12.3 Å². The Labute approximate surface area is 60.4 Å². The first-order valence-electron chi connectivity index (χ1n) is 2.83. The summed E-state index contributed by atoms with van der Waals surface area (Å²) in [6, 6.07) is 0. The van der Waals surface area contributed by atoms with Crippen LogP contribution in [-0.4, -0.2) is 5.91 Å². The minimum atomic E-state index is -0.342. The predicted octanol–water partition coefficient (Wildman–Crippen LogP) is 0.607. The van der Waals surface area contributed by atoms with Gasteiger partial charge in [-0.3, -0.25) is 4.79 Å². The Morgan fingerprint density at radius 3 is 2.80 bits per heavy atom. The molecular formula is C8H9NO. The summed E-state index contributed by atoms with van der Waals surface area (Å²) in [6.07, 6.45) is 11.7. The summed E-state index contributed by atoms with van der Waals surface area (Å²) < 4.78 is 0. The van der Waals surface area contributed by atoms with Crippen LogP contribution >= 0.6 is 0 Å². The fourth-order valence-corrected chi connectivity index (χ4v) is 0.374. The van der Waals surface area contributed by atoms with Crippen LogP contribution < -0.4 is 5.73 Å². The second-order valence-corrected chi connectivity index (χ2v) is 1.62. The molecule has 2 N–H and O–H groups in total. The third-order valence-corrected chi connectivity index (χ3v) is 0.759. The van der Waals surface area contributed by atoms with Gasteiger partial charge in [-0.05, 0) is 6.08 Å². The fraction of sp³-hybridized carbons (Fsp3) is 0.125. The zero-order valence-corrected chi connectivity index (χ0v) is 5.58. The Morgan fingerprint density at radius 1 is 1.60 bits per heavy atom. The molecule has 0 radical (unpaired) electrons. The Morgan fingerprint density at radius 2 is 2.30 bits per heavy atom. The van der Waals surface area contributed by atoms with Crippen LogP contribution in [0.5, 0.6) is 0 Å². The standard InChI is InChI=1S/C8H9NO/c1-2-3-4-5-6-7-8(9)10/h1,3-6H,7H2,(H2,9,10)/b4-3-,6-5-. The summed E-state index contributed by atoms with van der Waals surface area (Å²) in [7, 11) is 0. The molecule has 1 amide bonds. The van der Waals surface area contributed by atoms with Crippen LogP contribution in [0.1, 0.15) is 6.42 Å². The molecule has 0 aromatic heterocycles. The normalized spacial score (nSPS) is 10.3. The van der Waals surface area contributed by atoms with Gasteiger partial charge in [-0.1, -0.05) is 24.1 Å². The number of nitrogens with two attached hydrogens (primary N) is 1. The van der Waals surface area contributed by atoms with Crippen molar-refractivity contribution in [2.24, 2.45) is 5.73 Å². The molecule has 0 bridgehead atoms. The van der Waals surface area contributed by atoms with Gasteiger partial charge >= 0.3 is 0 Å². The van der Waals surface area contributed by atoms with Crippen molar-refractivity contribution >= 4 is 5.91 Å². The first-order chi connectivity index (χ1) is 4.77. The Balaban J connectivity index is 3.50. The second kappa shape index (κ2) is 5.64. The van der Waals surface area contributed by atoms with Gasteiger partial charge in [0.05, 0.1) is 0 Å². The molecule has 0 aromatic carbocycles. The molecular weight excluding hydrogens is 126 g/mol. The molecule has 0 aromatic rings. The van der Waals surface area contributed by atoms with Crippen LogP contribution in [-0.2, 0) is 4.79 Å². The van der Waals surface area contributed by atoms with E-state index in [1.807, 2.05) is 0 Å². The largest absolute Gasteiger partial charge is 0.369 e. The van der Waals surface area contributed by atoms with E-state index in [0.717, 1.165) is 0 Å². The quantitative estimate of drug-likeness (QED) is 0.447. The number of allylic oxidation sites excluding steroid dienone is 3. The SMILES string of the molecule is C#C/C=C\C=C/CC(N)=O. The summed E-state index contributed by atoms with van der Waals surface area (Å²) in [5.41, 5.74) is 4.85. The lowest BCUT2D eigenvalue weighted by atomic mass is 10.3. The smallest absolute Gasteiger partial charge is 0.221 e. The molecule has 0 fully saturated rings. The van der Waals surface area contributed by atoms with Gasteiger partial charge in [0, 0.05) is 6.42 Å². The van der Waals surface area contributed by atoms with Gasteiger partial charge in [-0.2, -0.15) is 0 Å². The molecule has 0 unspecified atom stereocenters. The molecule has 2 heteroatoms. The summed E-state index contributed by atoms with van der Waals surface area (Å²) in [6.45, 7) is 0. The molecule has 0 aliphatic carbocycles. The summed E-state index contributed by atoms with van der Waals surface area (Å²) in [5, 5.41) is 0. The van der Waals surface area contributed by atoms with Gasteiger partial charge in [0.25, 0.3) is 0 Å². The van der Waals surface area contributed by atoms with Crippen molar-refractivity contribution in [2.75, 3.05) is 0 Å². The zero-order chi connectivity index (χ0) is 7.82. The van der Waals surface area contributed by atoms with Crippen molar-refractivity contribution in [1.29, 1.82) is 0 Å². The number of carbonyl (C=O) groups excluding carboxylic acids is 1. The van der Waals surface area contributed by atoms with Crippen molar-refractivity contribution in [3.63, 3.8) is 0 Å². The molecule has 0 atom stereocenters. The Bertz CT molecular complexity index is 196. The fourth-order valence-electron chi connectivity index (χ4n) is 0.374. The van der Waals surface area contributed by atoms with Crippen molar-refractivity contribution in [3.05, 3.63) is 24.3 Å². The second-order valence-electron chi connectivity index (χ2n) is 1.62. The van der Waals surface area contributed by atoms with E-state index in [1.165, 1.54) is 6.08 Å². The van der Waals surface area contributed by atoms with Crippen molar-refractivity contribution in [2.45, 2.75) is 6.42 Å². The highest BCUT2D eigenvalue weighted by molar-refractivity contribution is 5.75. The molecule has 10 heavy (non-hydrogen) atoms. The van der Waals surface area contributed by atoms with Gasteiger partial charge < -0.3 is 5.73 Å². The van der Waals surface area contributed by atoms with Crippen molar-refractivity contribution in [1.82, 2.24) is 0 Å². The first-order valence-corrected chi connectivity index (χ1v) is 2.83. The average Bonchev–Trinajstić information content (AvgIpc) is 1.87. The molecule has 52 valence electrons. The molecule has 0 saturated heterocycles. The summed E-state index contributed by atoms with van der Waals surface area (Å²) in [5.74, 6) is 1.97. The van der Waals surface area contributed by atoms with Crippen molar-refractivity contribution in [3.8, 4) is 12.3 Å². The van der Waals surface area contributed by atoms with Gasteiger partial charge in [-0.25, -0.2) is 0 Å². The molecule has 0 heterocycles. The highest BCUT2D eigenvalue weighted by Gasteiger charge is 1.83. The zero-order valence-electron chi connectivity index (χ0n) is 5.58. The third-order valence-electron chi connectivity index (χ3n) is 0.759. The maximum absolute atomic E-state index is 10.1. The summed E-state index contributed by atoms with van der Waals surface area (Å²) >= 11 is 0.